The van der Waals surface area contributed by atoms with E-state index in [0.29, 0.717) is 49.6 Å². The second-order valence-corrected chi connectivity index (χ2v) is 8.29. The summed E-state index contributed by atoms with van der Waals surface area (Å²) < 4.78 is 38.3. The molecule has 0 aliphatic heterocycles. The zero-order chi connectivity index (χ0) is 21.3. The first-order valence-electron chi connectivity index (χ1n) is 9.39. The Morgan fingerprint density at radius 2 is 1.76 bits per heavy atom. The molecule has 0 saturated carbocycles. The summed E-state index contributed by atoms with van der Waals surface area (Å²) in [5, 5.41) is 2.80. The molecule has 8 heteroatoms. The number of benzene rings is 2. The first-order chi connectivity index (χ1) is 13.8. The van der Waals surface area contributed by atoms with Gasteiger partial charge in [-0.3, -0.25) is 9.52 Å². The second-order valence-electron chi connectivity index (χ2n) is 6.61. The van der Waals surface area contributed by atoms with Crippen LogP contribution in [0, 0.1) is 13.8 Å². The number of methoxy groups -OCH3 is 1. The van der Waals surface area contributed by atoms with Gasteiger partial charge in [0.25, 0.3) is 15.9 Å². The van der Waals surface area contributed by atoms with Crippen molar-refractivity contribution in [3.8, 4) is 0 Å². The Kier molecular flexibility index (Phi) is 8.63. The Bertz CT molecular complexity index is 928. The van der Waals surface area contributed by atoms with Crippen molar-refractivity contribution in [3.05, 3.63) is 59.2 Å². The zero-order valence-electron chi connectivity index (χ0n) is 17.0. The summed E-state index contributed by atoms with van der Waals surface area (Å²) in [5.41, 5.74) is 2.35. The SMILES string of the molecule is COCCOCCCNC(=O)c1cc(S(=O)(=O)Nc2ccccc2C)ccc1C. The Balaban J connectivity index is 2.03. The molecule has 7 nitrogen and oxygen atoms in total. The third-order valence-electron chi connectivity index (χ3n) is 4.34. The molecule has 2 aromatic carbocycles. The Labute approximate surface area is 172 Å². The number of carbonyl (C=O) groups is 1. The molecule has 29 heavy (non-hydrogen) atoms. The molecule has 0 spiro atoms. The molecular formula is C21H28N2O5S. The van der Waals surface area contributed by atoms with Crippen molar-refractivity contribution in [1.82, 2.24) is 5.32 Å². The van der Waals surface area contributed by atoms with Crippen molar-refractivity contribution in [2.75, 3.05) is 38.2 Å². The van der Waals surface area contributed by atoms with Gasteiger partial charge in [0.1, 0.15) is 0 Å². The lowest BCUT2D eigenvalue weighted by atomic mass is 10.1. The zero-order valence-corrected chi connectivity index (χ0v) is 17.8. The predicted octanol–water partition coefficient (Wildman–Crippen LogP) is 2.89. The summed E-state index contributed by atoms with van der Waals surface area (Å²) in [6, 6.07) is 11.7. The highest BCUT2D eigenvalue weighted by Crippen LogP contribution is 2.21. The van der Waals surface area contributed by atoms with Gasteiger partial charge in [0.15, 0.2) is 0 Å². The minimum Gasteiger partial charge on any atom is -0.382 e. The number of ether oxygens (including phenoxy) is 2. The van der Waals surface area contributed by atoms with Crippen LogP contribution in [-0.2, 0) is 19.5 Å². The highest BCUT2D eigenvalue weighted by Gasteiger charge is 2.18. The second kappa shape index (κ2) is 10.9. The molecule has 158 valence electrons. The van der Waals surface area contributed by atoms with Crippen LogP contribution < -0.4 is 10.0 Å². The highest BCUT2D eigenvalue weighted by atomic mass is 32.2. The standard InChI is InChI=1S/C21H28N2O5S/c1-16-9-10-18(29(25,26)23-20-8-5-4-7-17(20)2)15-19(16)21(24)22-11-6-12-28-14-13-27-3/h4-5,7-10,15,23H,6,11-14H2,1-3H3,(H,22,24). The van der Waals surface area contributed by atoms with Gasteiger partial charge in [-0.15, -0.1) is 0 Å². The number of rotatable bonds is 11. The van der Waals surface area contributed by atoms with E-state index in [2.05, 4.69) is 10.0 Å². The third-order valence-corrected chi connectivity index (χ3v) is 5.70. The van der Waals surface area contributed by atoms with E-state index in [1.165, 1.54) is 12.1 Å². The Hall–Kier alpha value is -2.42. The summed E-state index contributed by atoms with van der Waals surface area (Å²) in [6.45, 7) is 5.58. The van der Waals surface area contributed by atoms with Crippen LogP contribution in [-0.4, -0.2) is 47.8 Å². The number of hydrogen-bond acceptors (Lipinski definition) is 5. The van der Waals surface area contributed by atoms with Gasteiger partial charge in [-0.25, -0.2) is 8.42 Å². The molecular weight excluding hydrogens is 392 g/mol. The number of carbonyl (C=O) groups excluding carboxylic acids is 1. The fourth-order valence-electron chi connectivity index (χ4n) is 2.62. The van der Waals surface area contributed by atoms with Gasteiger partial charge in [-0.05, 0) is 49.6 Å². The van der Waals surface area contributed by atoms with Gasteiger partial charge in [0, 0.05) is 25.8 Å². The van der Waals surface area contributed by atoms with E-state index < -0.39 is 10.0 Å². The number of hydrogen-bond donors (Lipinski definition) is 2. The van der Waals surface area contributed by atoms with Gasteiger partial charge in [-0.1, -0.05) is 24.3 Å². The number of amides is 1. The van der Waals surface area contributed by atoms with Gasteiger partial charge >= 0.3 is 0 Å². The smallest absolute Gasteiger partial charge is 0.261 e. The molecule has 2 aromatic rings. The van der Waals surface area contributed by atoms with E-state index in [4.69, 9.17) is 9.47 Å². The Morgan fingerprint density at radius 1 is 1.00 bits per heavy atom. The van der Waals surface area contributed by atoms with Gasteiger partial charge in [0.05, 0.1) is 23.8 Å². The fraction of sp³-hybridized carbons (Fsp3) is 0.381. The minimum atomic E-state index is -3.81. The lowest BCUT2D eigenvalue weighted by Gasteiger charge is -2.13. The van der Waals surface area contributed by atoms with Crippen LogP contribution in [0.1, 0.15) is 27.9 Å². The molecule has 0 fully saturated rings. The van der Waals surface area contributed by atoms with Crippen LogP contribution in [0.2, 0.25) is 0 Å². The average Bonchev–Trinajstić information content (AvgIpc) is 2.69. The monoisotopic (exact) mass is 420 g/mol. The van der Waals surface area contributed by atoms with Crippen LogP contribution in [0.15, 0.2) is 47.4 Å². The number of aryl methyl sites for hydroxylation is 2. The van der Waals surface area contributed by atoms with Crippen molar-refractivity contribution in [2.45, 2.75) is 25.2 Å². The molecule has 2 rings (SSSR count). The fourth-order valence-corrected chi connectivity index (χ4v) is 3.78. The van der Waals surface area contributed by atoms with E-state index in [-0.39, 0.29) is 10.8 Å². The van der Waals surface area contributed by atoms with Gasteiger partial charge in [-0.2, -0.15) is 0 Å². The summed E-state index contributed by atoms with van der Waals surface area (Å²) in [7, 11) is -2.20. The molecule has 0 saturated heterocycles. The van der Waals surface area contributed by atoms with Crippen molar-refractivity contribution in [3.63, 3.8) is 0 Å². The summed E-state index contributed by atoms with van der Waals surface area (Å²) in [5.74, 6) is -0.313. The van der Waals surface area contributed by atoms with E-state index >= 15 is 0 Å². The molecule has 2 N–H and O–H groups in total. The summed E-state index contributed by atoms with van der Waals surface area (Å²) >= 11 is 0. The summed E-state index contributed by atoms with van der Waals surface area (Å²) in [4.78, 5) is 12.5. The van der Waals surface area contributed by atoms with Crippen LogP contribution >= 0.6 is 0 Å². The van der Waals surface area contributed by atoms with Crippen molar-refractivity contribution in [1.29, 1.82) is 0 Å². The molecule has 0 heterocycles. The number of sulfonamides is 1. The van der Waals surface area contributed by atoms with E-state index in [1.807, 2.05) is 19.1 Å². The number of para-hydroxylation sites is 1. The molecule has 1 amide bonds. The van der Waals surface area contributed by atoms with Crippen LogP contribution in [0.3, 0.4) is 0 Å². The topological polar surface area (TPSA) is 93.7 Å². The Morgan fingerprint density at radius 3 is 2.48 bits per heavy atom. The predicted molar refractivity (Wildman–Crippen MR) is 113 cm³/mol. The quantitative estimate of drug-likeness (QED) is 0.545. The third kappa shape index (κ3) is 6.85. The maximum absolute atomic E-state index is 12.8. The first-order valence-corrected chi connectivity index (χ1v) is 10.9. The summed E-state index contributed by atoms with van der Waals surface area (Å²) in [6.07, 6.45) is 0.654. The maximum Gasteiger partial charge on any atom is 0.261 e. The average molecular weight is 421 g/mol. The molecule has 0 aromatic heterocycles. The first kappa shape index (κ1) is 22.9. The normalized spacial score (nSPS) is 11.3. The lowest BCUT2D eigenvalue weighted by molar-refractivity contribution is 0.0688. The molecule has 0 aliphatic rings. The van der Waals surface area contributed by atoms with Crippen LogP contribution in [0.4, 0.5) is 5.69 Å². The maximum atomic E-state index is 12.8. The molecule has 0 unspecified atom stereocenters. The van der Waals surface area contributed by atoms with E-state index in [1.54, 1.807) is 32.2 Å². The minimum absolute atomic E-state index is 0.0411. The molecule has 0 bridgehead atoms. The lowest BCUT2D eigenvalue weighted by Crippen LogP contribution is -2.26. The van der Waals surface area contributed by atoms with Crippen molar-refractivity contribution < 1.29 is 22.7 Å². The van der Waals surface area contributed by atoms with Crippen molar-refractivity contribution >= 4 is 21.6 Å². The molecule has 0 aliphatic carbocycles. The highest BCUT2D eigenvalue weighted by molar-refractivity contribution is 7.92. The number of anilines is 1. The van der Waals surface area contributed by atoms with Gasteiger partial charge < -0.3 is 14.8 Å². The van der Waals surface area contributed by atoms with Crippen LogP contribution in [0.5, 0.6) is 0 Å². The molecule has 0 radical (unpaired) electrons. The van der Waals surface area contributed by atoms with Gasteiger partial charge in [0.2, 0.25) is 0 Å². The largest absolute Gasteiger partial charge is 0.382 e. The van der Waals surface area contributed by atoms with E-state index in [9.17, 15) is 13.2 Å². The van der Waals surface area contributed by atoms with E-state index in [0.717, 1.165) is 5.56 Å². The van der Waals surface area contributed by atoms with Crippen molar-refractivity contribution in [2.24, 2.45) is 0 Å². The van der Waals surface area contributed by atoms with Crippen LogP contribution in [0.25, 0.3) is 0 Å². The molecule has 0 atom stereocenters. The number of nitrogens with one attached hydrogen (secondary N) is 2.